The molecule has 0 saturated carbocycles. The zero-order chi connectivity index (χ0) is 14.8. The molecule has 1 saturated heterocycles. The van der Waals surface area contributed by atoms with Crippen LogP contribution in [0.25, 0.3) is 0 Å². The summed E-state index contributed by atoms with van der Waals surface area (Å²) in [5.41, 5.74) is 0.269. The molecule has 1 aliphatic heterocycles. The molecule has 110 valence electrons. The average Bonchev–Trinajstić information content (AvgIpc) is 2.36. The van der Waals surface area contributed by atoms with Crippen molar-refractivity contribution in [2.24, 2.45) is 5.92 Å². The number of nitrogens with one attached hydrogen (secondary N) is 1. The molecule has 0 radical (unpaired) electrons. The molecule has 0 aromatic heterocycles. The van der Waals surface area contributed by atoms with E-state index in [9.17, 15) is 18.3 Å². The number of amides is 1. The van der Waals surface area contributed by atoms with Gasteiger partial charge in [0.05, 0.1) is 17.2 Å². The average molecular weight is 318 g/mol. The van der Waals surface area contributed by atoms with Crippen LogP contribution in [0.4, 0.5) is 5.69 Å². The summed E-state index contributed by atoms with van der Waals surface area (Å²) >= 11 is 5.79. The molecule has 0 atom stereocenters. The maximum atomic E-state index is 11.9. The second kappa shape index (κ2) is 6.01. The Kier molecular flexibility index (Phi) is 4.55. The normalized spacial score (nSPS) is 18.6. The van der Waals surface area contributed by atoms with Crippen molar-refractivity contribution in [3.63, 3.8) is 0 Å². The highest BCUT2D eigenvalue weighted by Gasteiger charge is 2.25. The van der Waals surface area contributed by atoms with Crippen molar-refractivity contribution >= 4 is 33.0 Å². The SMILES string of the molecule is O=C(CC1CCS(=O)(=O)CC1)Nc1cc(Cl)ccc1O. The second-order valence-electron chi connectivity index (χ2n) is 5.01. The lowest BCUT2D eigenvalue weighted by molar-refractivity contribution is -0.117. The van der Waals surface area contributed by atoms with Crippen molar-refractivity contribution in [2.45, 2.75) is 19.3 Å². The summed E-state index contributed by atoms with van der Waals surface area (Å²) in [6, 6.07) is 4.41. The summed E-state index contributed by atoms with van der Waals surface area (Å²) in [7, 11) is -2.91. The van der Waals surface area contributed by atoms with Crippen LogP contribution in [0.3, 0.4) is 0 Å². The lowest BCUT2D eigenvalue weighted by atomic mass is 9.98. The predicted molar refractivity (Wildman–Crippen MR) is 77.7 cm³/mol. The van der Waals surface area contributed by atoms with E-state index in [0.29, 0.717) is 17.9 Å². The van der Waals surface area contributed by atoms with Crippen molar-refractivity contribution in [3.05, 3.63) is 23.2 Å². The molecular weight excluding hydrogens is 302 g/mol. The summed E-state index contributed by atoms with van der Waals surface area (Å²) in [5, 5.41) is 12.6. The minimum Gasteiger partial charge on any atom is -0.506 e. The van der Waals surface area contributed by atoms with E-state index in [4.69, 9.17) is 11.6 Å². The number of phenols is 1. The number of rotatable bonds is 3. The maximum Gasteiger partial charge on any atom is 0.224 e. The molecule has 1 heterocycles. The van der Waals surface area contributed by atoms with Crippen LogP contribution in [0.1, 0.15) is 19.3 Å². The summed E-state index contributed by atoms with van der Waals surface area (Å²) in [6.07, 6.45) is 1.27. The Morgan fingerprint density at radius 1 is 1.35 bits per heavy atom. The number of phenolic OH excluding ortho intramolecular Hbond substituents is 1. The Morgan fingerprint density at radius 3 is 2.65 bits per heavy atom. The van der Waals surface area contributed by atoms with Gasteiger partial charge in [-0.25, -0.2) is 8.42 Å². The van der Waals surface area contributed by atoms with Crippen molar-refractivity contribution in [3.8, 4) is 5.75 Å². The van der Waals surface area contributed by atoms with Gasteiger partial charge in [-0.1, -0.05) is 11.6 Å². The molecule has 0 bridgehead atoms. The fourth-order valence-electron chi connectivity index (χ4n) is 2.21. The molecule has 1 amide bonds. The summed E-state index contributed by atoms with van der Waals surface area (Å²) in [5.74, 6) is 0.0708. The number of sulfone groups is 1. The highest BCUT2D eigenvalue weighted by atomic mass is 35.5. The number of carbonyl (C=O) groups excluding carboxylic acids is 1. The largest absolute Gasteiger partial charge is 0.506 e. The molecule has 2 rings (SSSR count). The van der Waals surface area contributed by atoms with Crippen LogP contribution in [0.2, 0.25) is 5.02 Å². The van der Waals surface area contributed by atoms with Gasteiger partial charge in [-0.15, -0.1) is 0 Å². The molecule has 5 nitrogen and oxygen atoms in total. The maximum absolute atomic E-state index is 11.9. The van der Waals surface area contributed by atoms with Crippen LogP contribution in [-0.4, -0.2) is 30.9 Å². The molecule has 2 N–H and O–H groups in total. The third-order valence-electron chi connectivity index (χ3n) is 3.38. The first-order chi connectivity index (χ1) is 9.35. The van der Waals surface area contributed by atoms with Crippen LogP contribution >= 0.6 is 11.6 Å². The van der Waals surface area contributed by atoms with E-state index in [1.807, 2.05) is 0 Å². The fraction of sp³-hybridized carbons (Fsp3) is 0.462. The highest BCUT2D eigenvalue weighted by Crippen LogP contribution is 2.28. The fourth-order valence-corrected chi connectivity index (χ4v) is 3.98. The molecule has 0 spiro atoms. The van der Waals surface area contributed by atoms with Crippen LogP contribution in [0, 0.1) is 5.92 Å². The van der Waals surface area contributed by atoms with Gasteiger partial charge in [0, 0.05) is 11.4 Å². The standard InChI is InChI=1S/C13H16ClNO4S/c14-10-1-2-12(16)11(8-10)15-13(17)7-9-3-5-20(18,19)6-4-9/h1-2,8-9,16H,3-7H2,(H,15,17). The second-order valence-corrected chi connectivity index (χ2v) is 7.75. The number of anilines is 1. The zero-order valence-corrected chi connectivity index (χ0v) is 12.4. The third-order valence-corrected chi connectivity index (χ3v) is 5.33. The lowest BCUT2D eigenvalue weighted by Gasteiger charge is -2.21. The number of benzene rings is 1. The molecule has 7 heteroatoms. The van der Waals surface area contributed by atoms with E-state index in [2.05, 4.69) is 5.32 Å². The Labute approximate surface area is 122 Å². The summed E-state index contributed by atoms with van der Waals surface area (Å²) in [6.45, 7) is 0. The zero-order valence-electron chi connectivity index (χ0n) is 10.8. The molecule has 1 aromatic carbocycles. The van der Waals surface area contributed by atoms with Crippen LogP contribution < -0.4 is 5.32 Å². The Hall–Kier alpha value is -1.27. The molecule has 0 aliphatic carbocycles. The summed E-state index contributed by atoms with van der Waals surface area (Å²) < 4.78 is 22.6. The van der Waals surface area contributed by atoms with Crippen LogP contribution in [0.15, 0.2) is 18.2 Å². The van der Waals surface area contributed by atoms with Gasteiger partial charge in [-0.3, -0.25) is 4.79 Å². The van der Waals surface area contributed by atoms with Crippen molar-refractivity contribution in [1.29, 1.82) is 0 Å². The van der Waals surface area contributed by atoms with E-state index in [1.54, 1.807) is 0 Å². The van der Waals surface area contributed by atoms with Crippen molar-refractivity contribution in [1.82, 2.24) is 0 Å². The van der Waals surface area contributed by atoms with E-state index in [1.165, 1.54) is 18.2 Å². The molecular formula is C13H16ClNO4S. The monoisotopic (exact) mass is 317 g/mol. The van der Waals surface area contributed by atoms with Crippen LogP contribution in [-0.2, 0) is 14.6 Å². The number of halogens is 1. The lowest BCUT2D eigenvalue weighted by Crippen LogP contribution is -2.26. The number of hydrogen-bond donors (Lipinski definition) is 2. The predicted octanol–water partition coefficient (Wildman–Crippen LogP) is 2.20. The quantitative estimate of drug-likeness (QED) is 0.837. The summed E-state index contributed by atoms with van der Waals surface area (Å²) in [4.78, 5) is 11.9. The van der Waals surface area contributed by atoms with E-state index >= 15 is 0 Å². The van der Waals surface area contributed by atoms with Gasteiger partial charge in [0.15, 0.2) is 0 Å². The van der Waals surface area contributed by atoms with E-state index < -0.39 is 9.84 Å². The van der Waals surface area contributed by atoms with E-state index in [-0.39, 0.29) is 41.2 Å². The first kappa shape index (κ1) is 15.1. The minimum atomic E-state index is -2.91. The van der Waals surface area contributed by atoms with Crippen molar-refractivity contribution in [2.75, 3.05) is 16.8 Å². The number of aromatic hydroxyl groups is 1. The van der Waals surface area contributed by atoms with Gasteiger partial charge < -0.3 is 10.4 Å². The smallest absolute Gasteiger partial charge is 0.224 e. The molecule has 1 aliphatic rings. The molecule has 1 fully saturated rings. The molecule has 1 aromatic rings. The van der Waals surface area contributed by atoms with E-state index in [0.717, 1.165) is 0 Å². The first-order valence-electron chi connectivity index (χ1n) is 6.34. The van der Waals surface area contributed by atoms with Gasteiger partial charge in [-0.05, 0) is 37.0 Å². The highest BCUT2D eigenvalue weighted by molar-refractivity contribution is 7.91. The van der Waals surface area contributed by atoms with Gasteiger partial charge in [0.2, 0.25) is 5.91 Å². The first-order valence-corrected chi connectivity index (χ1v) is 8.54. The number of hydrogen-bond acceptors (Lipinski definition) is 4. The van der Waals surface area contributed by atoms with Crippen LogP contribution in [0.5, 0.6) is 5.75 Å². The van der Waals surface area contributed by atoms with Gasteiger partial charge in [0.1, 0.15) is 15.6 Å². The van der Waals surface area contributed by atoms with Gasteiger partial charge >= 0.3 is 0 Å². The Bertz CT molecular complexity index is 601. The minimum absolute atomic E-state index is 0.0472. The Morgan fingerprint density at radius 2 is 2.00 bits per heavy atom. The topological polar surface area (TPSA) is 83.5 Å². The number of carbonyl (C=O) groups is 1. The Balaban J connectivity index is 1.91. The third kappa shape index (κ3) is 4.11. The van der Waals surface area contributed by atoms with Crippen molar-refractivity contribution < 1.29 is 18.3 Å². The van der Waals surface area contributed by atoms with Gasteiger partial charge in [-0.2, -0.15) is 0 Å². The molecule has 0 unspecified atom stereocenters. The van der Waals surface area contributed by atoms with Gasteiger partial charge in [0.25, 0.3) is 0 Å². The molecule has 20 heavy (non-hydrogen) atoms.